The van der Waals surface area contributed by atoms with Crippen LogP contribution in [0.1, 0.15) is 95.5 Å². The minimum atomic E-state index is -0.0461. The Labute approximate surface area is 221 Å². The molecule has 2 saturated carbocycles. The first-order valence-electron chi connectivity index (χ1n) is 15.3. The fourth-order valence-corrected chi connectivity index (χ4v) is 11.1. The van der Waals surface area contributed by atoms with Crippen molar-refractivity contribution in [3.05, 3.63) is 65.5 Å². The van der Waals surface area contributed by atoms with Crippen LogP contribution in [0.4, 0.5) is 0 Å². The van der Waals surface area contributed by atoms with Gasteiger partial charge in [0.05, 0.1) is 11.2 Å². The number of nitrogens with zero attached hydrogens (tertiary/aromatic N) is 2. The summed E-state index contributed by atoms with van der Waals surface area (Å²) in [5.41, 5.74) is 4.96. The maximum atomic E-state index is 7.62. The van der Waals surface area contributed by atoms with E-state index in [0.717, 1.165) is 18.1 Å². The standard InChI is InChI=1S/C34H40N2O/c1-32-14-12-26-19-25-4-5-29(36-27-6-7-28(36)9-8-27)20-33(25)15-16-34(26,37-33)31(32)11-10-30(32)23-3-2-22-13-17-35-21-24(22)18-23/h2-3,12-13,17-19,21,27-31H,4-11,14-16,20H2,1H3/t27?,28?,29-,30?,31+,32+,33?,34+/m0/s1. The highest BCUT2D eigenvalue weighted by atomic mass is 16.5. The fourth-order valence-electron chi connectivity index (χ4n) is 11.1. The first-order chi connectivity index (χ1) is 18.1. The van der Waals surface area contributed by atoms with E-state index in [9.17, 15) is 0 Å². The molecule has 6 atom stereocenters. The van der Waals surface area contributed by atoms with Crippen LogP contribution in [0, 0.1) is 11.3 Å². The molecule has 1 aromatic carbocycles. The number of hydrogen-bond acceptors (Lipinski definition) is 3. The highest BCUT2D eigenvalue weighted by Crippen LogP contribution is 2.69. The molecule has 3 heteroatoms. The number of hydrogen-bond donors (Lipinski definition) is 0. The van der Waals surface area contributed by atoms with Gasteiger partial charge < -0.3 is 4.74 Å². The highest BCUT2D eigenvalue weighted by Gasteiger charge is 2.67. The van der Waals surface area contributed by atoms with Crippen molar-refractivity contribution in [2.24, 2.45) is 11.3 Å². The average molecular weight is 493 g/mol. The molecule has 9 rings (SSSR count). The first kappa shape index (κ1) is 21.9. The average Bonchev–Trinajstić information content (AvgIpc) is 3.68. The van der Waals surface area contributed by atoms with Gasteiger partial charge in [-0.05, 0) is 129 Å². The van der Waals surface area contributed by atoms with E-state index >= 15 is 0 Å². The molecular formula is C34H40N2O. The largest absolute Gasteiger partial charge is 0.359 e. The summed E-state index contributed by atoms with van der Waals surface area (Å²) < 4.78 is 7.62. The Morgan fingerprint density at radius 2 is 1.78 bits per heavy atom. The number of rotatable bonds is 2. The molecule has 3 saturated heterocycles. The predicted molar refractivity (Wildman–Crippen MR) is 147 cm³/mol. The molecule has 1 aromatic heterocycles. The summed E-state index contributed by atoms with van der Waals surface area (Å²) in [6, 6.07) is 11.8. The zero-order chi connectivity index (χ0) is 24.4. The summed E-state index contributed by atoms with van der Waals surface area (Å²) in [5, 5.41) is 2.58. The second-order valence-corrected chi connectivity index (χ2v) is 14.0. The Balaban J connectivity index is 1.06. The third-order valence-electron chi connectivity index (χ3n) is 12.7. The third kappa shape index (κ3) is 2.78. The number of ether oxygens (including phenoxy) is 1. The van der Waals surface area contributed by atoms with E-state index in [1.807, 2.05) is 12.4 Å². The molecule has 3 aliphatic carbocycles. The normalized spacial score (nSPS) is 45.9. The lowest BCUT2D eigenvalue weighted by Crippen LogP contribution is -2.55. The van der Waals surface area contributed by atoms with Crippen molar-refractivity contribution >= 4 is 10.8 Å². The van der Waals surface area contributed by atoms with Crippen molar-refractivity contribution in [3.63, 3.8) is 0 Å². The second-order valence-electron chi connectivity index (χ2n) is 14.0. The number of fused-ring (bicyclic) bond motifs is 4. The van der Waals surface area contributed by atoms with Crippen molar-refractivity contribution in [3.8, 4) is 0 Å². The zero-order valence-electron chi connectivity index (χ0n) is 22.3. The van der Waals surface area contributed by atoms with Gasteiger partial charge in [0.15, 0.2) is 0 Å². The molecule has 2 unspecified atom stereocenters. The number of aromatic nitrogens is 1. The third-order valence-corrected chi connectivity index (χ3v) is 12.7. The zero-order valence-corrected chi connectivity index (χ0v) is 22.3. The van der Waals surface area contributed by atoms with Crippen LogP contribution in [-0.2, 0) is 4.74 Å². The van der Waals surface area contributed by atoms with E-state index in [1.54, 1.807) is 11.1 Å². The minimum absolute atomic E-state index is 0.0211. The Morgan fingerprint density at radius 3 is 2.65 bits per heavy atom. The van der Waals surface area contributed by atoms with Gasteiger partial charge in [-0.3, -0.25) is 9.88 Å². The molecular weight excluding hydrogens is 452 g/mol. The monoisotopic (exact) mass is 492 g/mol. The van der Waals surface area contributed by atoms with Crippen molar-refractivity contribution < 1.29 is 4.74 Å². The predicted octanol–water partition coefficient (Wildman–Crippen LogP) is 7.47. The molecule has 5 fully saturated rings. The molecule has 4 bridgehead atoms. The van der Waals surface area contributed by atoms with E-state index in [-0.39, 0.29) is 16.6 Å². The summed E-state index contributed by atoms with van der Waals surface area (Å²) in [7, 11) is 0. The van der Waals surface area contributed by atoms with Crippen LogP contribution in [0.2, 0.25) is 0 Å². The van der Waals surface area contributed by atoms with Gasteiger partial charge in [0, 0.05) is 35.9 Å². The van der Waals surface area contributed by atoms with Crippen LogP contribution < -0.4 is 0 Å². The van der Waals surface area contributed by atoms with Gasteiger partial charge in [0.2, 0.25) is 0 Å². The molecule has 37 heavy (non-hydrogen) atoms. The fraction of sp³-hybridized carbons (Fsp3) is 0.618. The Kier molecular flexibility index (Phi) is 4.36. The number of benzene rings is 1. The van der Waals surface area contributed by atoms with Crippen LogP contribution in [0.25, 0.3) is 10.8 Å². The van der Waals surface area contributed by atoms with Crippen LogP contribution in [-0.4, -0.2) is 39.2 Å². The molecule has 0 N–H and O–H groups in total. The molecule has 192 valence electrons. The van der Waals surface area contributed by atoms with Gasteiger partial charge in [-0.25, -0.2) is 0 Å². The van der Waals surface area contributed by atoms with Crippen molar-refractivity contribution in [2.45, 2.75) is 119 Å². The number of allylic oxidation sites excluding steroid dienone is 1. The van der Waals surface area contributed by atoms with Gasteiger partial charge in [0.1, 0.15) is 0 Å². The molecule has 3 nitrogen and oxygen atoms in total. The topological polar surface area (TPSA) is 25.4 Å². The lowest BCUT2D eigenvalue weighted by atomic mass is 9.58. The molecule has 0 amide bonds. The maximum Gasteiger partial charge on any atom is 0.0974 e. The molecule has 2 aromatic rings. The van der Waals surface area contributed by atoms with Gasteiger partial charge in [-0.15, -0.1) is 0 Å². The van der Waals surface area contributed by atoms with E-state index in [1.165, 1.54) is 93.4 Å². The first-order valence-corrected chi connectivity index (χ1v) is 15.3. The Bertz CT molecular complexity index is 1340. The van der Waals surface area contributed by atoms with Gasteiger partial charge in [-0.2, -0.15) is 0 Å². The minimum Gasteiger partial charge on any atom is -0.359 e. The lowest BCUT2D eigenvalue weighted by molar-refractivity contribution is -0.141. The summed E-state index contributed by atoms with van der Waals surface area (Å²) in [4.78, 5) is 7.39. The van der Waals surface area contributed by atoms with Crippen LogP contribution in [0.5, 0.6) is 0 Å². The SMILES string of the molecule is C[C@]12CC=C3C=C4CC[C@H](N5C6CCC5CC6)CC45CC[C@]3(O5)[C@@H]1CCC2c1ccc2ccncc2c1. The quantitative estimate of drug-likeness (QED) is 0.435. The second kappa shape index (κ2) is 7.36. The van der Waals surface area contributed by atoms with Crippen molar-refractivity contribution in [2.75, 3.05) is 0 Å². The van der Waals surface area contributed by atoms with Crippen LogP contribution in [0.3, 0.4) is 0 Å². The van der Waals surface area contributed by atoms with Gasteiger partial charge >= 0.3 is 0 Å². The summed E-state index contributed by atoms with van der Waals surface area (Å²) in [6.07, 6.45) is 25.1. The van der Waals surface area contributed by atoms with Gasteiger partial charge in [-0.1, -0.05) is 31.2 Å². The van der Waals surface area contributed by atoms with E-state index in [4.69, 9.17) is 4.74 Å². The van der Waals surface area contributed by atoms with E-state index < -0.39 is 0 Å². The molecule has 4 aliphatic heterocycles. The maximum absolute atomic E-state index is 7.62. The molecule has 0 radical (unpaired) electrons. The molecule has 7 aliphatic rings. The number of pyridine rings is 1. The van der Waals surface area contributed by atoms with E-state index in [2.05, 4.69) is 53.2 Å². The van der Waals surface area contributed by atoms with Crippen LogP contribution >= 0.6 is 0 Å². The highest BCUT2D eigenvalue weighted by molar-refractivity contribution is 5.82. The van der Waals surface area contributed by atoms with Crippen molar-refractivity contribution in [1.29, 1.82) is 0 Å². The Morgan fingerprint density at radius 1 is 0.919 bits per heavy atom. The van der Waals surface area contributed by atoms with Crippen molar-refractivity contribution in [1.82, 2.24) is 9.88 Å². The Hall–Kier alpha value is -1.97. The van der Waals surface area contributed by atoms with Gasteiger partial charge in [0.25, 0.3) is 0 Å². The smallest absolute Gasteiger partial charge is 0.0974 e. The summed E-state index contributed by atoms with van der Waals surface area (Å²) in [5.74, 6) is 1.22. The molecule has 2 spiro atoms. The summed E-state index contributed by atoms with van der Waals surface area (Å²) in [6.45, 7) is 2.60. The summed E-state index contributed by atoms with van der Waals surface area (Å²) >= 11 is 0. The molecule has 5 heterocycles. The van der Waals surface area contributed by atoms with Crippen LogP contribution in [0.15, 0.2) is 60.0 Å². The lowest BCUT2D eigenvalue weighted by Gasteiger charge is -2.55. The van der Waals surface area contributed by atoms with E-state index in [0.29, 0.717) is 11.8 Å².